The monoisotopic (exact) mass is 472 g/mol. The van der Waals surface area contributed by atoms with E-state index in [-0.39, 0.29) is 23.4 Å². The van der Waals surface area contributed by atoms with Gasteiger partial charge in [-0.05, 0) is 63.1 Å². The van der Waals surface area contributed by atoms with Gasteiger partial charge in [0.05, 0.1) is 29.6 Å². The Hall–Kier alpha value is -3.13. The summed E-state index contributed by atoms with van der Waals surface area (Å²) in [6.45, 7) is 6.02. The van der Waals surface area contributed by atoms with Crippen molar-refractivity contribution in [2.24, 2.45) is 0 Å². The number of nitrogens with one attached hydrogen (secondary N) is 1. The molecule has 1 aliphatic rings. The van der Waals surface area contributed by atoms with Gasteiger partial charge < -0.3 is 19.4 Å². The molecule has 9 heteroatoms. The lowest BCUT2D eigenvalue weighted by Crippen LogP contribution is -2.54. The summed E-state index contributed by atoms with van der Waals surface area (Å²) in [4.78, 5) is 31.8. The number of alkyl carbamates (subject to hydrolysis) is 1. The molecule has 174 valence electrons. The van der Waals surface area contributed by atoms with Gasteiger partial charge in [0.1, 0.15) is 11.4 Å². The summed E-state index contributed by atoms with van der Waals surface area (Å²) in [5.41, 5.74) is 1.23. The SMILES string of the molecule is CC(C)(C)OC(=O)N[C@@H]1CN(C(=O)c2cccn3cncc23)CC[C@H]1c1cc(F)cc(Cl)c1. The van der Waals surface area contributed by atoms with Crippen LogP contribution in [-0.2, 0) is 4.74 Å². The lowest BCUT2D eigenvalue weighted by atomic mass is 9.85. The normalized spacial score (nSPS) is 18.9. The van der Waals surface area contributed by atoms with E-state index in [0.29, 0.717) is 29.6 Å². The number of imidazole rings is 1. The number of likely N-dealkylation sites (tertiary alicyclic amines) is 1. The molecule has 2 atom stereocenters. The Labute approximate surface area is 196 Å². The summed E-state index contributed by atoms with van der Waals surface area (Å²) in [6, 6.07) is 7.43. The highest BCUT2D eigenvalue weighted by atomic mass is 35.5. The second-order valence-electron chi connectivity index (χ2n) is 9.21. The molecule has 0 bridgehead atoms. The summed E-state index contributed by atoms with van der Waals surface area (Å²) in [6.07, 6.45) is 5.04. The van der Waals surface area contributed by atoms with Gasteiger partial charge in [0, 0.05) is 30.2 Å². The highest BCUT2D eigenvalue weighted by Crippen LogP contribution is 2.32. The minimum atomic E-state index is -0.677. The summed E-state index contributed by atoms with van der Waals surface area (Å²) < 4.78 is 21.3. The number of hydrogen-bond donors (Lipinski definition) is 1. The van der Waals surface area contributed by atoms with E-state index in [0.717, 1.165) is 0 Å². The first-order valence-corrected chi connectivity index (χ1v) is 11.1. The molecule has 0 saturated carbocycles. The van der Waals surface area contributed by atoms with Crippen molar-refractivity contribution in [1.82, 2.24) is 19.6 Å². The van der Waals surface area contributed by atoms with Gasteiger partial charge in [-0.1, -0.05) is 11.6 Å². The van der Waals surface area contributed by atoms with Crippen molar-refractivity contribution in [1.29, 1.82) is 0 Å². The van der Waals surface area contributed by atoms with Crippen molar-refractivity contribution < 1.29 is 18.7 Å². The Morgan fingerprint density at radius 3 is 2.79 bits per heavy atom. The van der Waals surface area contributed by atoms with E-state index in [2.05, 4.69) is 10.3 Å². The number of carbonyl (C=O) groups excluding carboxylic acids is 2. The maximum atomic E-state index is 14.1. The molecule has 0 aliphatic carbocycles. The van der Waals surface area contributed by atoms with Gasteiger partial charge >= 0.3 is 6.09 Å². The molecule has 1 N–H and O–H groups in total. The summed E-state index contributed by atoms with van der Waals surface area (Å²) in [5, 5.41) is 3.18. The Morgan fingerprint density at radius 2 is 2.06 bits per heavy atom. The highest BCUT2D eigenvalue weighted by molar-refractivity contribution is 6.30. The number of halogens is 2. The molecule has 3 heterocycles. The van der Waals surface area contributed by atoms with Crippen LogP contribution >= 0.6 is 11.6 Å². The fraction of sp³-hybridized carbons (Fsp3) is 0.375. The number of carbonyl (C=O) groups is 2. The molecule has 33 heavy (non-hydrogen) atoms. The third kappa shape index (κ3) is 5.27. The molecular weight excluding hydrogens is 447 g/mol. The lowest BCUT2D eigenvalue weighted by Gasteiger charge is -2.39. The third-order valence-electron chi connectivity index (χ3n) is 5.60. The molecule has 7 nitrogen and oxygen atoms in total. The number of hydrogen-bond acceptors (Lipinski definition) is 4. The number of aromatic nitrogens is 2. The first-order chi connectivity index (χ1) is 15.6. The van der Waals surface area contributed by atoms with E-state index < -0.39 is 23.6 Å². The summed E-state index contributed by atoms with van der Waals surface area (Å²) >= 11 is 6.09. The molecule has 1 aliphatic heterocycles. The second kappa shape index (κ2) is 9.02. The molecule has 3 aromatic rings. The second-order valence-corrected chi connectivity index (χ2v) is 9.65. The molecular formula is C24H26ClFN4O3. The summed E-state index contributed by atoms with van der Waals surface area (Å²) in [7, 11) is 0. The van der Waals surface area contributed by atoms with Crippen LogP contribution in [-0.4, -0.2) is 51.0 Å². The first kappa shape index (κ1) is 23.0. The van der Waals surface area contributed by atoms with Crippen molar-refractivity contribution >= 4 is 29.1 Å². The van der Waals surface area contributed by atoms with Crippen LogP contribution in [0.2, 0.25) is 5.02 Å². The van der Waals surface area contributed by atoms with E-state index >= 15 is 0 Å². The van der Waals surface area contributed by atoms with Gasteiger partial charge in [-0.3, -0.25) is 4.79 Å². The smallest absolute Gasteiger partial charge is 0.407 e. The van der Waals surface area contributed by atoms with Crippen molar-refractivity contribution in [3.05, 3.63) is 71.0 Å². The Bertz CT molecular complexity index is 1170. The number of benzene rings is 1. The first-order valence-electron chi connectivity index (χ1n) is 10.8. The zero-order valence-corrected chi connectivity index (χ0v) is 19.5. The van der Waals surface area contributed by atoms with Gasteiger partial charge in [0.15, 0.2) is 0 Å². The average Bonchev–Trinajstić information content (AvgIpc) is 3.20. The third-order valence-corrected chi connectivity index (χ3v) is 5.82. The van der Waals surface area contributed by atoms with Crippen LogP contribution in [0.5, 0.6) is 0 Å². The van der Waals surface area contributed by atoms with Crippen molar-refractivity contribution in [3.63, 3.8) is 0 Å². The molecule has 0 radical (unpaired) electrons. The molecule has 0 spiro atoms. The van der Waals surface area contributed by atoms with Gasteiger partial charge in [-0.15, -0.1) is 0 Å². The average molecular weight is 473 g/mol. The number of piperidine rings is 1. The van der Waals surface area contributed by atoms with Crippen LogP contribution in [0.4, 0.5) is 9.18 Å². The fourth-order valence-corrected chi connectivity index (χ4v) is 4.46. The van der Waals surface area contributed by atoms with Crippen molar-refractivity contribution in [3.8, 4) is 0 Å². The van der Waals surface area contributed by atoms with Crippen LogP contribution in [0.25, 0.3) is 5.52 Å². The quantitative estimate of drug-likeness (QED) is 0.602. The van der Waals surface area contributed by atoms with E-state index in [4.69, 9.17) is 16.3 Å². The van der Waals surface area contributed by atoms with Crippen molar-refractivity contribution in [2.75, 3.05) is 13.1 Å². The highest BCUT2D eigenvalue weighted by Gasteiger charge is 2.35. The van der Waals surface area contributed by atoms with Crippen LogP contribution in [0.15, 0.2) is 49.1 Å². The number of amides is 2. The Morgan fingerprint density at radius 1 is 1.27 bits per heavy atom. The number of fused-ring (bicyclic) bond motifs is 1. The van der Waals surface area contributed by atoms with Gasteiger partial charge in [-0.25, -0.2) is 14.2 Å². The molecule has 0 unspecified atom stereocenters. The Balaban J connectivity index is 1.61. The zero-order chi connectivity index (χ0) is 23.8. The van der Waals surface area contributed by atoms with Crippen LogP contribution < -0.4 is 5.32 Å². The van der Waals surface area contributed by atoms with Gasteiger partial charge in [0.2, 0.25) is 0 Å². The maximum Gasteiger partial charge on any atom is 0.407 e. The number of pyridine rings is 1. The van der Waals surface area contributed by atoms with Gasteiger partial charge in [-0.2, -0.15) is 0 Å². The van der Waals surface area contributed by atoms with Crippen LogP contribution in [0, 0.1) is 5.82 Å². The minimum Gasteiger partial charge on any atom is -0.444 e. The molecule has 1 fully saturated rings. The minimum absolute atomic E-state index is 0.159. The number of ether oxygens (including phenoxy) is 1. The van der Waals surface area contributed by atoms with Crippen LogP contribution in [0.1, 0.15) is 49.0 Å². The lowest BCUT2D eigenvalue weighted by molar-refractivity contribution is 0.0435. The van der Waals surface area contributed by atoms with Gasteiger partial charge in [0.25, 0.3) is 5.91 Å². The largest absolute Gasteiger partial charge is 0.444 e. The van der Waals surface area contributed by atoms with E-state index in [1.165, 1.54) is 12.1 Å². The number of nitrogens with zero attached hydrogens (tertiary/aromatic N) is 3. The van der Waals surface area contributed by atoms with Crippen molar-refractivity contribution in [2.45, 2.75) is 44.8 Å². The Kier molecular flexibility index (Phi) is 6.30. The van der Waals surface area contributed by atoms with E-state index in [1.807, 2.05) is 6.20 Å². The van der Waals surface area contributed by atoms with E-state index in [1.54, 1.807) is 60.8 Å². The number of rotatable bonds is 3. The molecule has 1 saturated heterocycles. The summed E-state index contributed by atoms with van der Waals surface area (Å²) in [5.74, 6) is -0.840. The zero-order valence-electron chi connectivity index (χ0n) is 18.7. The predicted molar refractivity (Wildman–Crippen MR) is 123 cm³/mol. The fourth-order valence-electron chi connectivity index (χ4n) is 4.23. The maximum absolute atomic E-state index is 14.1. The molecule has 4 rings (SSSR count). The molecule has 2 aromatic heterocycles. The predicted octanol–water partition coefficient (Wildman–Crippen LogP) is 4.65. The van der Waals surface area contributed by atoms with E-state index in [9.17, 15) is 14.0 Å². The van der Waals surface area contributed by atoms with Crippen LogP contribution in [0.3, 0.4) is 0 Å². The molecule has 1 aromatic carbocycles. The topological polar surface area (TPSA) is 75.9 Å². The molecule has 2 amide bonds. The standard InChI is InChI=1S/C24H26ClFN4O3/c1-24(2,3)33-23(32)28-20-13-29(8-6-18(20)15-9-16(25)11-17(26)10-15)22(31)19-5-4-7-30-14-27-12-21(19)30/h4-5,7,9-12,14,18,20H,6,8,13H2,1-3H3,(H,28,32)/t18-,20+/m0/s1.